The average Bonchev–Trinajstić information content (AvgIpc) is 2.15. The molecular weight excluding hydrogens is 245 g/mol. The van der Waals surface area contributed by atoms with Gasteiger partial charge in [-0.3, -0.25) is 4.57 Å². The standard InChI is InChI=1S/C10H14NO5P/c1-10(11,9(12)13)8-4-2-3-7(5-8)6-17(14,15)16/h2-5H,6,11H2,1H3,(H,12,13)(H2,14,15,16). The summed E-state index contributed by atoms with van der Waals surface area (Å²) in [7, 11) is -4.17. The highest BCUT2D eigenvalue weighted by molar-refractivity contribution is 7.50. The van der Waals surface area contributed by atoms with E-state index in [9.17, 15) is 9.36 Å². The number of hydrogen-bond donors (Lipinski definition) is 4. The molecule has 0 saturated carbocycles. The molecule has 5 N–H and O–H groups in total. The molecule has 0 saturated heterocycles. The van der Waals surface area contributed by atoms with Crippen molar-refractivity contribution in [1.29, 1.82) is 0 Å². The zero-order chi connectivity index (χ0) is 13.3. The summed E-state index contributed by atoms with van der Waals surface area (Å²) in [5, 5.41) is 8.94. The van der Waals surface area contributed by atoms with Crippen LogP contribution in [-0.4, -0.2) is 20.9 Å². The molecule has 94 valence electrons. The molecule has 17 heavy (non-hydrogen) atoms. The summed E-state index contributed by atoms with van der Waals surface area (Å²) in [5.41, 5.74) is 4.70. The van der Waals surface area contributed by atoms with Gasteiger partial charge in [0, 0.05) is 0 Å². The highest BCUT2D eigenvalue weighted by atomic mass is 31.2. The van der Waals surface area contributed by atoms with E-state index in [0.717, 1.165) is 0 Å². The van der Waals surface area contributed by atoms with Crippen molar-refractivity contribution in [2.24, 2.45) is 5.73 Å². The molecule has 0 spiro atoms. The van der Waals surface area contributed by atoms with Gasteiger partial charge in [-0.2, -0.15) is 0 Å². The first-order valence-electron chi connectivity index (χ1n) is 4.79. The third-order valence-corrected chi connectivity index (χ3v) is 3.14. The fraction of sp³-hybridized carbons (Fsp3) is 0.300. The quantitative estimate of drug-likeness (QED) is 0.588. The van der Waals surface area contributed by atoms with Crippen molar-refractivity contribution in [3.63, 3.8) is 0 Å². The number of carbonyl (C=O) groups is 1. The van der Waals surface area contributed by atoms with Crippen LogP contribution >= 0.6 is 7.60 Å². The van der Waals surface area contributed by atoms with E-state index in [2.05, 4.69) is 0 Å². The molecule has 0 aliphatic heterocycles. The molecule has 1 unspecified atom stereocenters. The van der Waals surface area contributed by atoms with Gasteiger partial charge < -0.3 is 20.6 Å². The maximum absolute atomic E-state index is 10.9. The summed E-state index contributed by atoms with van der Waals surface area (Å²) < 4.78 is 10.8. The minimum Gasteiger partial charge on any atom is -0.480 e. The van der Waals surface area contributed by atoms with E-state index in [1.54, 1.807) is 0 Å². The number of benzene rings is 1. The van der Waals surface area contributed by atoms with E-state index in [1.165, 1.54) is 31.2 Å². The number of nitrogens with two attached hydrogens (primary N) is 1. The van der Waals surface area contributed by atoms with Gasteiger partial charge in [-0.1, -0.05) is 24.3 Å². The number of carboxylic acid groups (broad SMARTS) is 1. The lowest BCUT2D eigenvalue weighted by Gasteiger charge is -2.20. The maximum Gasteiger partial charge on any atom is 0.329 e. The van der Waals surface area contributed by atoms with Crippen molar-refractivity contribution in [2.75, 3.05) is 0 Å². The van der Waals surface area contributed by atoms with E-state index in [1.807, 2.05) is 0 Å². The molecule has 1 aromatic carbocycles. The third kappa shape index (κ3) is 3.64. The van der Waals surface area contributed by atoms with Crippen LogP contribution in [0.2, 0.25) is 0 Å². The third-order valence-electron chi connectivity index (χ3n) is 2.36. The lowest BCUT2D eigenvalue weighted by Crippen LogP contribution is -2.41. The molecule has 0 aromatic heterocycles. The van der Waals surface area contributed by atoms with Gasteiger partial charge in [0.25, 0.3) is 0 Å². The van der Waals surface area contributed by atoms with Crippen molar-refractivity contribution < 1.29 is 24.3 Å². The highest BCUT2D eigenvalue weighted by Crippen LogP contribution is 2.39. The van der Waals surface area contributed by atoms with Gasteiger partial charge in [-0.15, -0.1) is 0 Å². The Kier molecular flexibility index (Phi) is 3.74. The predicted octanol–water partition coefficient (Wildman–Crippen LogP) is 0.623. The SMILES string of the molecule is CC(N)(C(=O)O)c1cccc(CP(=O)(O)O)c1. The van der Waals surface area contributed by atoms with Crippen LogP contribution in [0.1, 0.15) is 18.1 Å². The van der Waals surface area contributed by atoms with Gasteiger partial charge in [-0.25, -0.2) is 4.79 Å². The summed E-state index contributed by atoms with van der Waals surface area (Å²) in [5.74, 6) is -1.20. The average molecular weight is 259 g/mol. The van der Waals surface area contributed by atoms with Crippen LogP contribution in [0.25, 0.3) is 0 Å². The molecule has 1 aromatic rings. The second-order valence-corrected chi connectivity index (χ2v) is 5.68. The molecule has 1 rings (SSSR count). The van der Waals surface area contributed by atoms with Crippen LogP contribution in [0.4, 0.5) is 0 Å². The fourth-order valence-corrected chi connectivity index (χ4v) is 2.03. The largest absolute Gasteiger partial charge is 0.480 e. The Morgan fingerprint density at radius 1 is 1.47 bits per heavy atom. The fourth-order valence-electron chi connectivity index (χ4n) is 1.35. The van der Waals surface area contributed by atoms with Gasteiger partial charge in [0.05, 0.1) is 6.16 Å². The molecule has 0 fully saturated rings. The minimum atomic E-state index is -4.17. The van der Waals surface area contributed by atoms with Gasteiger partial charge in [0.1, 0.15) is 5.54 Å². The van der Waals surface area contributed by atoms with Crippen molar-refractivity contribution in [3.05, 3.63) is 35.4 Å². The summed E-state index contributed by atoms with van der Waals surface area (Å²) in [6.07, 6.45) is -0.434. The van der Waals surface area contributed by atoms with Gasteiger partial charge in [-0.05, 0) is 18.1 Å². The van der Waals surface area contributed by atoms with Crippen LogP contribution in [-0.2, 0) is 21.1 Å². The van der Waals surface area contributed by atoms with Gasteiger partial charge in [0.2, 0.25) is 0 Å². The molecule has 0 amide bonds. The predicted molar refractivity (Wildman–Crippen MR) is 61.4 cm³/mol. The summed E-state index contributed by atoms with van der Waals surface area (Å²) >= 11 is 0. The number of rotatable bonds is 4. The first-order chi connectivity index (χ1) is 7.63. The van der Waals surface area contributed by atoms with Crippen molar-refractivity contribution in [2.45, 2.75) is 18.6 Å². The Hall–Kier alpha value is -1.20. The normalized spacial score (nSPS) is 15.3. The molecule has 7 heteroatoms. The Balaban J connectivity index is 3.10. The zero-order valence-electron chi connectivity index (χ0n) is 9.20. The van der Waals surface area contributed by atoms with Crippen LogP contribution in [0, 0.1) is 0 Å². The molecule has 1 atom stereocenters. The van der Waals surface area contributed by atoms with Crippen molar-refractivity contribution in [3.8, 4) is 0 Å². The first-order valence-corrected chi connectivity index (χ1v) is 6.59. The van der Waals surface area contributed by atoms with Crippen LogP contribution in [0.15, 0.2) is 24.3 Å². The summed E-state index contributed by atoms with van der Waals surface area (Å²) in [6.45, 7) is 1.33. The molecule has 0 radical (unpaired) electrons. The summed E-state index contributed by atoms with van der Waals surface area (Å²) in [6, 6.07) is 5.94. The Bertz CT molecular complexity index is 479. The number of carboxylic acids is 1. The number of hydrogen-bond acceptors (Lipinski definition) is 3. The van der Waals surface area contributed by atoms with Crippen LogP contribution in [0.5, 0.6) is 0 Å². The number of aliphatic carboxylic acids is 1. The maximum atomic E-state index is 10.9. The minimum absolute atomic E-state index is 0.302. The molecule has 0 bridgehead atoms. The molecular formula is C10H14NO5P. The van der Waals surface area contributed by atoms with E-state index in [0.29, 0.717) is 11.1 Å². The highest BCUT2D eigenvalue weighted by Gasteiger charge is 2.30. The van der Waals surface area contributed by atoms with Crippen LogP contribution in [0.3, 0.4) is 0 Å². The van der Waals surface area contributed by atoms with E-state index >= 15 is 0 Å². The first kappa shape index (κ1) is 13.9. The topological polar surface area (TPSA) is 121 Å². The molecule has 0 aliphatic rings. The zero-order valence-corrected chi connectivity index (χ0v) is 10.1. The Morgan fingerprint density at radius 3 is 2.53 bits per heavy atom. The Labute approximate surface area is 98.2 Å². The van der Waals surface area contributed by atoms with Crippen LogP contribution < -0.4 is 5.73 Å². The lowest BCUT2D eigenvalue weighted by molar-refractivity contribution is -0.143. The second kappa shape index (κ2) is 4.58. The van der Waals surface area contributed by atoms with E-state index < -0.39 is 25.3 Å². The smallest absolute Gasteiger partial charge is 0.329 e. The van der Waals surface area contributed by atoms with Crippen molar-refractivity contribution in [1.82, 2.24) is 0 Å². The van der Waals surface area contributed by atoms with E-state index in [-0.39, 0.29) is 0 Å². The summed E-state index contributed by atoms with van der Waals surface area (Å²) in [4.78, 5) is 28.6. The van der Waals surface area contributed by atoms with E-state index in [4.69, 9.17) is 20.6 Å². The Morgan fingerprint density at radius 2 is 2.06 bits per heavy atom. The van der Waals surface area contributed by atoms with Crippen molar-refractivity contribution >= 4 is 13.6 Å². The van der Waals surface area contributed by atoms with Gasteiger partial charge >= 0.3 is 13.6 Å². The second-order valence-electron chi connectivity index (χ2n) is 4.03. The molecule has 0 heterocycles. The monoisotopic (exact) mass is 259 g/mol. The molecule has 0 aliphatic carbocycles. The lowest BCUT2D eigenvalue weighted by atomic mass is 9.92. The van der Waals surface area contributed by atoms with Gasteiger partial charge in [0.15, 0.2) is 0 Å². The molecule has 6 nitrogen and oxygen atoms in total.